The monoisotopic (exact) mass is 253 g/mol. The summed E-state index contributed by atoms with van der Waals surface area (Å²) >= 11 is 0. The summed E-state index contributed by atoms with van der Waals surface area (Å²) in [6.07, 6.45) is 0.380. The predicted molar refractivity (Wildman–Crippen MR) is 80.4 cm³/mol. The molecule has 2 heteroatoms. The summed E-state index contributed by atoms with van der Waals surface area (Å²) in [7, 11) is 0. The fraction of sp³-hybridized carbons (Fsp3) is 0.294. The van der Waals surface area contributed by atoms with Crippen molar-refractivity contribution in [3.05, 3.63) is 48.0 Å². The molecule has 0 spiro atoms. The topological polar surface area (TPSA) is 25.2 Å². The predicted octanol–water partition coefficient (Wildman–Crippen LogP) is 4.26. The lowest BCUT2D eigenvalue weighted by Gasteiger charge is -2.08. The summed E-state index contributed by atoms with van der Waals surface area (Å²) in [5.74, 6) is 0. The number of fused-ring (bicyclic) bond motifs is 3. The van der Waals surface area contributed by atoms with Gasteiger partial charge in [0.15, 0.2) is 0 Å². The van der Waals surface area contributed by atoms with Gasteiger partial charge in [-0.05, 0) is 37.1 Å². The minimum Gasteiger partial charge on any atom is -0.388 e. The summed E-state index contributed by atoms with van der Waals surface area (Å²) in [5, 5.41) is 12.5. The Morgan fingerprint density at radius 3 is 2.47 bits per heavy atom. The van der Waals surface area contributed by atoms with E-state index in [-0.39, 0.29) is 6.10 Å². The molecule has 0 aliphatic heterocycles. The minimum atomic E-state index is -0.367. The first-order chi connectivity index (χ1) is 9.26. The zero-order valence-corrected chi connectivity index (χ0v) is 11.4. The maximum Gasteiger partial charge on any atom is 0.0787 e. The van der Waals surface area contributed by atoms with E-state index in [4.69, 9.17) is 0 Å². The van der Waals surface area contributed by atoms with E-state index in [9.17, 15) is 5.11 Å². The number of benzene rings is 2. The average Bonchev–Trinajstić information content (AvgIpc) is 2.79. The highest BCUT2D eigenvalue weighted by molar-refractivity contribution is 6.08. The van der Waals surface area contributed by atoms with Gasteiger partial charge >= 0.3 is 0 Å². The van der Waals surface area contributed by atoms with E-state index in [0.29, 0.717) is 0 Å². The van der Waals surface area contributed by atoms with Crippen LogP contribution in [0.25, 0.3) is 21.8 Å². The fourth-order valence-electron chi connectivity index (χ4n) is 2.85. The highest BCUT2D eigenvalue weighted by Gasteiger charge is 2.11. The molecule has 1 atom stereocenters. The molecular formula is C17H19NO. The Balaban J connectivity index is 2.36. The second kappa shape index (κ2) is 4.71. The third-order valence-electron chi connectivity index (χ3n) is 3.88. The molecule has 3 aromatic rings. The fourth-order valence-corrected chi connectivity index (χ4v) is 2.85. The SMILES string of the molecule is CC[C@@H](O)c1ccc2c(c1)c1ccccc1n2CC. The van der Waals surface area contributed by atoms with E-state index in [1.54, 1.807) is 0 Å². The van der Waals surface area contributed by atoms with Crippen molar-refractivity contribution >= 4 is 21.8 Å². The zero-order chi connectivity index (χ0) is 13.4. The summed E-state index contributed by atoms with van der Waals surface area (Å²) in [6.45, 7) is 5.13. The minimum absolute atomic E-state index is 0.367. The van der Waals surface area contributed by atoms with E-state index >= 15 is 0 Å². The molecule has 2 aromatic carbocycles. The number of rotatable bonds is 3. The second-order valence-electron chi connectivity index (χ2n) is 4.96. The van der Waals surface area contributed by atoms with Crippen LogP contribution in [0.5, 0.6) is 0 Å². The molecule has 0 bridgehead atoms. The Morgan fingerprint density at radius 1 is 1.00 bits per heavy atom. The molecule has 2 nitrogen and oxygen atoms in total. The quantitative estimate of drug-likeness (QED) is 0.741. The van der Waals surface area contributed by atoms with Crippen LogP contribution < -0.4 is 0 Å². The van der Waals surface area contributed by atoms with Gasteiger partial charge in [0.2, 0.25) is 0 Å². The van der Waals surface area contributed by atoms with Gasteiger partial charge in [0.05, 0.1) is 6.10 Å². The van der Waals surface area contributed by atoms with Crippen LogP contribution >= 0.6 is 0 Å². The summed E-state index contributed by atoms with van der Waals surface area (Å²) in [4.78, 5) is 0. The molecule has 1 aromatic heterocycles. The van der Waals surface area contributed by atoms with Crippen LogP contribution in [0.15, 0.2) is 42.5 Å². The van der Waals surface area contributed by atoms with Gasteiger partial charge in [-0.1, -0.05) is 31.2 Å². The third kappa shape index (κ3) is 1.83. The van der Waals surface area contributed by atoms with Crippen molar-refractivity contribution in [2.75, 3.05) is 0 Å². The van der Waals surface area contributed by atoms with Gasteiger partial charge in [-0.2, -0.15) is 0 Å². The summed E-state index contributed by atoms with van der Waals surface area (Å²) in [6, 6.07) is 14.8. The number of aliphatic hydroxyl groups excluding tert-OH is 1. The van der Waals surface area contributed by atoms with Crippen LogP contribution in [-0.4, -0.2) is 9.67 Å². The van der Waals surface area contributed by atoms with Crippen LogP contribution in [0.3, 0.4) is 0 Å². The molecular weight excluding hydrogens is 234 g/mol. The van der Waals surface area contributed by atoms with Crippen molar-refractivity contribution in [2.45, 2.75) is 32.9 Å². The van der Waals surface area contributed by atoms with E-state index in [1.807, 2.05) is 13.0 Å². The molecule has 0 radical (unpaired) electrons. The molecule has 3 rings (SSSR count). The Hall–Kier alpha value is -1.80. The number of aliphatic hydroxyl groups is 1. The van der Waals surface area contributed by atoms with E-state index < -0.39 is 0 Å². The largest absolute Gasteiger partial charge is 0.388 e. The maximum absolute atomic E-state index is 10.0. The van der Waals surface area contributed by atoms with E-state index in [1.165, 1.54) is 21.8 Å². The van der Waals surface area contributed by atoms with Crippen molar-refractivity contribution in [1.82, 2.24) is 4.57 Å². The molecule has 1 N–H and O–H groups in total. The molecule has 1 heterocycles. The van der Waals surface area contributed by atoms with Gasteiger partial charge in [-0.15, -0.1) is 0 Å². The summed E-state index contributed by atoms with van der Waals surface area (Å²) < 4.78 is 2.33. The first-order valence-electron chi connectivity index (χ1n) is 6.95. The molecule has 0 saturated carbocycles. The molecule has 0 saturated heterocycles. The first-order valence-corrected chi connectivity index (χ1v) is 6.95. The standard InChI is InChI=1S/C17H19NO/c1-3-17(19)12-9-10-16-14(11-12)13-7-5-6-8-15(13)18(16)4-2/h5-11,17,19H,3-4H2,1-2H3/t17-/m1/s1. The van der Waals surface area contributed by atoms with Gasteiger partial charge in [0.25, 0.3) is 0 Å². The molecule has 19 heavy (non-hydrogen) atoms. The van der Waals surface area contributed by atoms with Gasteiger partial charge in [0, 0.05) is 28.4 Å². The Labute approximate surface area is 113 Å². The van der Waals surface area contributed by atoms with E-state index in [2.05, 4.69) is 47.9 Å². The van der Waals surface area contributed by atoms with E-state index in [0.717, 1.165) is 18.5 Å². The maximum atomic E-state index is 10.0. The molecule has 98 valence electrons. The number of aryl methyl sites for hydroxylation is 1. The van der Waals surface area contributed by atoms with Gasteiger partial charge in [-0.25, -0.2) is 0 Å². The number of aromatic nitrogens is 1. The number of nitrogens with zero attached hydrogens (tertiary/aromatic N) is 1. The smallest absolute Gasteiger partial charge is 0.0787 e. The molecule has 0 aliphatic carbocycles. The lowest BCUT2D eigenvalue weighted by atomic mass is 10.0. The van der Waals surface area contributed by atoms with Gasteiger partial charge in [-0.3, -0.25) is 0 Å². The van der Waals surface area contributed by atoms with Gasteiger partial charge in [0.1, 0.15) is 0 Å². The van der Waals surface area contributed by atoms with Gasteiger partial charge < -0.3 is 9.67 Å². The van der Waals surface area contributed by atoms with Crippen LogP contribution in [0.4, 0.5) is 0 Å². The lowest BCUT2D eigenvalue weighted by Crippen LogP contribution is -1.96. The molecule has 0 unspecified atom stereocenters. The van der Waals surface area contributed by atoms with Crippen molar-refractivity contribution in [2.24, 2.45) is 0 Å². The van der Waals surface area contributed by atoms with Crippen LogP contribution in [0.2, 0.25) is 0 Å². The van der Waals surface area contributed by atoms with Crippen molar-refractivity contribution in [3.63, 3.8) is 0 Å². The zero-order valence-electron chi connectivity index (χ0n) is 11.4. The highest BCUT2D eigenvalue weighted by atomic mass is 16.3. The average molecular weight is 253 g/mol. The number of hydrogen-bond donors (Lipinski definition) is 1. The normalized spacial score (nSPS) is 13.2. The Bertz CT molecular complexity index is 727. The van der Waals surface area contributed by atoms with Crippen LogP contribution in [0, 0.1) is 0 Å². The third-order valence-corrected chi connectivity index (χ3v) is 3.88. The second-order valence-corrected chi connectivity index (χ2v) is 4.96. The first kappa shape index (κ1) is 12.2. The van der Waals surface area contributed by atoms with Crippen molar-refractivity contribution in [1.29, 1.82) is 0 Å². The van der Waals surface area contributed by atoms with Crippen molar-refractivity contribution in [3.8, 4) is 0 Å². The summed E-state index contributed by atoms with van der Waals surface area (Å²) in [5.41, 5.74) is 3.52. The Morgan fingerprint density at radius 2 is 1.74 bits per heavy atom. The van der Waals surface area contributed by atoms with Crippen molar-refractivity contribution < 1.29 is 5.11 Å². The molecule has 0 aliphatic rings. The molecule has 0 amide bonds. The number of para-hydroxylation sites is 1. The Kier molecular flexibility index (Phi) is 3.03. The number of hydrogen-bond acceptors (Lipinski definition) is 1. The highest BCUT2D eigenvalue weighted by Crippen LogP contribution is 2.31. The van der Waals surface area contributed by atoms with Crippen LogP contribution in [0.1, 0.15) is 31.9 Å². The lowest BCUT2D eigenvalue weighted by molar-refractivity contribution is 0.174. The molecule has 0 fully saturated rings. The van der Waals surface area contributed by atoms with Crippen LogP contribution in [-0.2, 0) is 6.54 Å².